The van der Waals surface area contributed by atoms with Gasteiger partial charge in [-0.25, -0.2) is 13.2 Å². The number of carbonyl (C=O) groups is 1. The number of sulfone groups is 1. The van der Waals surface area contributed by atoms with Crippen molar-refractivity contribution in [3.05, 3.63) is 75.3 Å². The lowest BCUT2D eigenvalue weighted by Gasteiger charge is -2.06. The van der Waals surface area contributed by atoms with Gasteiger partial charge in [-0.05, 0) is 23.8 Å². The van der Waals surface area contributed by atoms with Gasteiger partial charge in [-0.15, -0.1) is 0 Å². The molecular formula is C16H15NO6S. The first-order chi connectivity index (χ1) is 11.3. The molecule has 0 aliphatic rings. The Morgan fingerprint density at radius 2 is 1.75 bits per heavy atom. The Morgan fingerprint density at radius 3 is 2.33 bits per heavy atom. The Balaban J connectivity index is 2.04. The van der Waals surface area contributed by atoms with E-state index in [1.54, 1.807) is 6.07 Å². The van der Waals surface area contributed by atoms with Crippen LogP contribution in [0.1, 0.15) is 21.5 Å². The smallest absolute Gasteiger partial charge is 0.338 e. The molecular weight excluding hydrogens is 334 g/mol. The highest BCUT2D eigenvalue weighted by Crippen LogP contribution is 2.19. The van der Waals surface area contributed by atoms with Crippen LogP contribution >= 0.6 is 0 Å². The van der Waals surface area contributed by atoms with Gasteiger partial charge in [-0.1, -0.05) is 24.3 Å². The van der Waals surface area contributed by atoms with Crippen molar-refractivity contribution in [3.8, 4) is 0 Å². The number of nitrogens with zero attached hydrogens (tertiary/aromatic N) is 1. The summed E-state index contributed by atoms with van der Waals surface area (Å²) in [5.74, 6) is -0.752. The monoisotopic (exact) mass is 349 g/mol. The van der Waals surface area contributed by atoms with Crippen LogP contribution in [0.4, 0.5) is 5.69 Å². The van der Waals surface area contributed by atoms with Gasteiger partial charge < -0.3 is 4.74 Å². The van der Waals surface area contributed by atoms with Crippen molar-refractivity contribution in [1.82, 2.24) is 0 Å². The molecule has 0 atom stereocenters. The first kappa shape index (κ1) is 17.6. The van der Waals surface area contributed by atoms with Crippen molar-refractivity contribution in [3.63, 3.8) is 0 Å². The Kier molecular flexibility index (Phi) is 5.30. The topological polar surface area (TPSA) is 104 Å². The fraction of sp³-hybridized carbons (Fsp3) is 0.188. The van der Waals surface area contributed by atoms with E-state index >= 15 is 0 Å². The van der Waals surface area contributed by atoms with Gasteiger partial charge in [0.2, 0.25) is 0 Å². The third-order valence-electron chi connectivity index (χ3n) is 3.17. The number of nitro benzene ring substituents is 1. The second-order valence-corrected chi connectivity index (χ2v) is 7.37. The van der Waals surface area contributed by atoms with E-state index in [-0.39, 0.29) is 23.6 Å². The maximum absolute atomic E-state index is 12.0. The molecule has 0 radical (unpaired) electrons. The molecule has 8 heteroatoms. The minimum absolute atomic E-state index is 0.113. The van der Waals surface area contributed by atoms with Gasteiger partial charge in [-0.2, -0.15) is 0 Å². The van der Waals surface area contributed by atoms with Crippen LogP contribution in [0.3, 0.4) is 0 Å². The average molecular weight is 349 g/mol. The number of para-hydroxylation sites is 1. The Labute approximate surface area is 139 Å². The molecule has 0 N–H and O–H groups in total. The van der Waals surface area contributed by atoms with E-state index in [4.69, 9.17) is 4.74 Å². The molecule has 0 spiro atoms. The van der Waals surface area contributed by atoms with Crippen LogP contribution in [0.15, 0.2) is 48.5 Å². The molecule has 0 amide bonds. The van der Waals surface area contributed by atoms with Crippen LogP contribution in [-0.2, 0) is 26.9 Å². The molecule has 0 saturated heterocycles. The number of rotatable bonds is 6. The van der Waals surface area contributed by atoms with Crippen molar-refractivity contribution >= 4 is 21.5 Å². The largest absolute Gasteiger partial charge is 0.457 e. The lowest BCUT2D eigenvalue weighted by atomic mass is 10.1. The highest BCUT2D eigenvalue weighted by molar-refractivity contribution is 7.89. The van der Waals surface area contributed by atoms with Crippen molar-refractivity contribution in [2.24, 2.45) is 0 Å². The Bertz CT molecular complexity index is 858. The molecule has 0 bridgehead atoms. The fourth-order valence-corrected chi connectivity index (χ4v) is 2.88. The van der Waals surface area contributed by atoms with Crippen LogP contribution in [0.25, 0.3) is 0 Å². The van der Waals surface area contributed by atoms with Gasteiger partial charge >= 0.3 is 5.97 Å². The number of hydrogen-bond donors (Lipinski definition) is 0. The van der Waals surface area contributed by atoms with Gasteiger partial charge in [-0.3, -0.25) is 10.1 Å². The van der Waals surface area contributed by atoms with E-state index < -0.39 is 20.7 Å². The second-order valence-electron chi connectivity index (χ2n) is 5.23. The van der Waals surface area contributed by atoms with Gasteiger partial charge in [0.05, 0.1) is 21.8 Å². The lowest BCUT2D eigenvalue weighted by Crippen LogP contribution is -2.07. The molecule has 24 heavy (non-hydrogen) atoms. The molecule has 0 unspecified atom stereocenters. The molecule has 0 saturated carbocycles. The predicted octanol–water partition coefficient (Wildman–Crippen LogP) is 2.50. The molecule has 0 aliphatic heterocycles. The molecule has 7 nitrogen and oxygen atoms in total. The highest BCUT2D eigenvalue weighted by atomic mass is 32.2. The molecule has 0 aliphatic carbocycles. The van der Waals surface area contributed by atoms with Gasteiger partial charge in [0.1, 0.15) is 6.61 Å². The number of hydrogen-bond acceptors (Lipinski definition) is 6. The van der Waals surface area contributed by atoms with Crippen LogP contribution in [0, 0.1) is 10.1 Å². The Morgan fingerprint density at radius 1 is 1.12 bits per heavy atom. The molecule has 2 aromatic carbocycles. The fourth-order valence-electron chi connectivity index (χ4n) is 2.08. The molecule has 0 heterocycles. The maximum Gasteiger partial charge on any atom is 0.338 e. The van der Waals surface area contributed by atoms with Crippen LogP contribution in [-0.4, -0.2) is 25.6 Å². The van der Waals surface area contributed by atoms with Crippen LogP contribution in [0.2, 0.25) is 0 Å². The number of carbonyl (C=O) groups excluding carboxylic acids is 1. The SMILES string of the molecule is CS(=O)(=O)Cc1ccc(C(=O)OCc2ccccc2[N+](=O)[O-])cc1. The van der Waals surface area contributed by atoms with Crippen molar-refractivity contribution < 1.29 is 22.9 Å². The minimum Gasteiger partial charge on any atom is -0.457 e. The summed E-state index contributed by atoms with van der Waals surface area (Å²) in [5, 5.41) is 10.9. The average Bonchev–Trinajstić information content (AvgIpc) is 2.52. The zero-order chi connectivity index (χ0) is 17.7. The third kappa shape index (κ3) is 4.88. The number of esters is 1. The molecule has 2 aromatic rings. The summed E-state index contributed by atoms with van der Waals surface area (Å²) in [6.45, 7) is -0.221. The normalized spacial score (nSPS) is 11.0. The zero-order valence-corrected chi connectivity index (χ0v) is 13.7. The number of ether oxygens (including phenoxy) is 1. The van der Waals surface area contributed by atoms with E-state index in [0.29, 0.717) is 11.1 Å². The summed E-state index contributed by atoms with van der Waals surface area (Å²) < 4.78 is 27.5. The number of benzene rings is 2. The molecule has 0 aromatic heterocycles. The lowest BCUT2D eigenvalue weighted by molar-refractivity contribution is -0.385. The quantitative estimate of drug-likeness (QED) is 0.451. The summed E-state index contributed by atoms with van der Waals surface area (Å²) in [7, 11) is -3.15. The van der Waals surface area contributed by atoms with E-state index in [1.807, 2.05) is 0 Å². The highest BCUT2D eigenvalue weighted by Gasteiger charge is 2.15. The first-order valence-electron chi connectivity index (χ1n) is 6.92. The standard InChI is InChI=1S/C16H15NO6S/c1-24(21,22)11-12-6-8-13(9-7-12)16(18)23-10-14-4-2-3-5-15(14)17(19)20/h2-9H,10-11H2,1H3. The molecule has 126 valence electrons. The summed E-state index contributed by atoms with van der Waals surface area (Å²) in [6, 6.07) is 12.0. The van der Waals surface area contributed by atoms with Crippen LogP contribution in [0.5, 0.6) is 0 Å². The van der Waals surface area contributed by atoms with E-state index in [1.165, 1.54) is 42.5 Å². The van der Waals surface area contributed by atoms with Crippen molar-refractivity contribution in [2.75, 3.05) is 6.26 Å². The number of nitro groups is 1. The van der Waals surface area contributed by atoms with Crippen molar-refractivity contribution in [1.29, 1.82) is 0 Å². The second kappa shape index (κ2) is 7.22. The zero-order valence-electron chi connectivity index (χ0n) is 12.8. The summed E-state index contributed by atoms with van der Waals surface area (Å²) >= 11 is 0. The third-order valence-corrected chi connectivity index (χ3v) is 4.02. The Hall–Kier alpha value is -2.74. The molecule has 2 rings (SSSR count). The first-order valence-corrected chi connectivity index (χ1v) is 8.98. The van der Waals surface area contributed by atoms with Crippen LogP contribution < -0.4 is 0 Å². The van der Waals surface area contributed by atoms with E-state index in [0.717, 1.165) is 6.26 Å². The van der Waals surface area contributed by atoms with E-state index in [9.17, 15) is 23.3 Å². The van der Waals surface area contributed by atoms with E-state index in [2.05, 4.69) is 0 Å². The summed E-state index contributed by atoms with van der Waals surface area (Å²) in [4.78, 5) is 22.4. The van der Waals surface area contributed by atoms with Gasteiger partial charge in [0.25, 0.3) is 5.69 Å². The summed E-state index contributed by atoms with van der Waals surface area (Å²) in [6.07, 6.45) is 1.13. The van der Waals surface area contributed by atoms with Gasteiger partial charge in [0, 0.05) is 12.3 Å². The van der Waals surface area contributed by atoms with Gasteiger partial charge in [0.15, 0.2) is 9.84 Å². The minimum atomic E-state index is -3.15. The maximum atomic E-state index is 12.0. The molecule has 0 fully saturated rings. The van der Waals surface area contributed by atoms with Crippen molar-refractivity contribution in [2.45, 2.75) is 12.4 Å². The summed E-state index contributed by atoms with van der Waals surface area (Å²) in [5.41, 5.74) is 0.983. The predicted molar refractivity (Wildman–Crippen MR) is 87.2 cm³/mol.